The standard InChI is InChI=1S/C20H23ClN4O4/c1-24-16(20(28)29-2)12-17(23-24)22-18(26)19(27)25-11-5-3-4-6-15(25)13-7-9-14(21)10-8-13/h7-10,12,15H,3-6,11H2,1-2H3,(H,22,23,26). The van der Waals surface area contributed by atoms with Crippen LogP contribution in [0.2, 0.25) is 5.02 Å². The van der Waals surface area contributed by atoms with Crippen molar-refractivity contribution in [2.45, 2.75) is 31.7 Å². The van der Waals surface area contributed by atoms with Gasteiger partial charge in [-0.25, -0.2) is 4.79 Å². The number of likely N-dealkylation sites (tertiary alicyclic amines) is 1. The zero-order chi connectivity index (χ0) is 21.0. The molecular weight excluding hydrogens is 396 g/mol. The number of benzene rings is 1. The predicted molar refractivity (Wildman–Crippen MR) is 108 cm³/mol. The number of nitrogens with one attached hydrogen (secondary N) is 1. The maximum absolute atomic E-state index is 12.9. The minimum atomic E-state index is -0.791. The quantitative estimate of drug-likeness (QED) is 0.611. The van der Waals surface area contributed by atoms with Gasteiger partial charge in [0, 0.05) is 24.7 Å². The number of ether oxygens (including phenoxy) is 1. The van der Waals surface area contributed by atoms with Gasteiger partial charge in [-0.1, -0.05) is 36.6 Å². The maximum atomic E-state index is 12.9. The van der Waals surface area contributed by atoms with Crippen molar-refractivity contribution >= 4 is 35.2 Å². The number of aryl methyl sites for hydroxylation is 1. The summed E-state index contributed by atoms with van der Waals surface area (Å²) in [6, 6.07) is 8.52. The molecule has 1 aliphatic rings. The van der Waals surface area contributed by atoms with E-state index in [2.05, 4.69) is 15.2 Å². The van der Waals surface area contributed by atoms with Crippen LogP contribution in [-0.4, -0.2) is 46.1 Å². The molecule has 2 aromatic rings. The molecule has 2 heterocycles. The van der Waals surface area contributed by atoms with Gasteiger partial charge >= 0.3 is 17.8 Å². The number of esters is 1. The van der Waals surface area contributed by atoms with Crippen molar-refractivity contribution < 1.29 is 19.1 Å². The maximum Gasteiger partial charge on any atom is 0.356 e. The molecule has 9 heteroatoms. The van der Waals surface area contributed by atoms with Crippen LogP contribution in [0, 0.1) is 0 Å². The number of halogens is 1. The zero-order valence-electron chi connectivity index (χ0n) is 16.4. The number of nitrogens with zero attached hydrogens (tertiary/aromatic N) is 3. The van der Waals surface area contributed by atoms with Crippen LogP contribution in [0.1, 0.15) is 47.8 Å². The molecule has 154 valence electrons. The molecule has 0 bridgehead atoms. The Morgan fingerprint density at radius 3 is 2.59 bits per heavy atom. The molecule has 1 atom stereocenters. The highest BCUT2D eigenvalue weighted by Gasteiger charge is 2.31. The van der Waals surface area contributed by atoms with Gasteiger partial charge in [0.1, 0.15) is 5.69 Å². The molecule has 1 unspecified atom stereocenters. The van der Waals surface area contributed by atoms with Crippen molar-refractivity contribution in [2.75, 3.05) is 19.0 Å². The molecule has 2 amide bonds. The fourth-order valence-electron chi connectivity index (χ4n) is 3.51. The first kappa shape index (κ1) is 20.9. The second kappa shape index (κ2) is 9.09. The van der Waals surface area contributed by atoms with E-state index in [1.54, 1.807) is 24.1 Å². The smallest absolute Gasteiger partial charge is 0.356 e. The number of hydrogen-bond acceptors (Lipinski definition) is 5. The van der Waals surface area contributed by atoms with Crippen LogP contribution in [0.3, 0.4) is 0 Å². The van der Waals surface area contributed by atoms with E-state index >= 15 is 0 Å². The van der Waals surface area contributed by atoms with E-state index < -0.39 is 17.8 Å². The first-order valence-electron chi connectivity index (χ1n) is 9.40. The molecule has 8 nitrogen and oxygen atoms in total. The van der Waals surface area contributed by atoms with Crippen LogP contribution < -0.4 is 5.32 Å². The van der Waals surface area contributed by atoms with Crippen molar-refractivity contribution in [1.29, 1.82) is 0 Å². The third-order valence-corrected chi connectivity index (χ3v) is 5.23. The molecule has 1 N–H and O–H groups in total. The average molecular weight is 419 g/mol. The Hall–Kier alpha value is -2.87. The molecule has 0 radical (unpaired) electrons. The number of carbonyl (C=O) groups excluding carboxylic acids is 3. The third kappa shape index (κ3) is 4.76. The van der Waals surface area contributed by atoms with E-state index in [0.29, 0.717) is 11.6 Å². The van der Waals surface area contributed by atoms with Crippen molar-refractivity contribution in [2.24, 2.45) is 7.05 Å². The summed E-state index contributed by atoms with van der Waals surface area (Å²) in [4.78, 5) is 38.9. The highest BCUT2D eigenvalue weighted by molar-refractivity contribution is 6.39. The van der Waals surface area contributed by atoms with E-state index in [4.69, 9.17) is 11.6 Å². The predicted octanol–water partition coefficient (Wildman–Crippen LogP) is 2.94. The van der Waals surface area contributed by atoms with Gasteiger partial charge in [-0.3, -0.25) is 14.3 Å². The van der Waals surface area contributed by atoms with Gasteiger partial charge in [0.15, 0.2) is 5.82 Å². The molecular formula is C20H23ClN4O4. The van der Waals surface area contributed by atoms with Crippen LogP contribution in [0.4, 0.5) is 5.82 Å². The van der Waals surface area contributed by atoms with Gasteiger partial charge in [0.05, 0.1) is 13.2 Å². The average Bonchev–Trinajstić information content (AvgIpc) is 2.92. The number of hydrogen-bond donors (Lipinski definition) is 1. The minimum Gasteiger partial charge on any atom is -0.464 e. The summed E-state index contributed by atoms with van der Waals surface area (Å²) in [5.41, 5.74) is 1.12. The minimum absolute atomic E-state index is 0.115. The number of rotatable bonds is 3. The lowest BCUT2D eigenvalue weighted by atomic mass is 10.0. The Morgan fingerprint density at radius 2 is 1.90 bits per heavy atom. The van der Waals surface area contributed by atoms with Gasteiger partial charge in [0.2, 0.25) is 0 Å². The van der Waals surface area contributed by atoms with Crippen molar-refractivity contribution in [3.05, 3.63) is 46.6 Å². The Morgan fingerprint density at radius 1 is 1.17 bits per heavy atom. The first-order chi connectivity index (χ1) is 13.9. The van der Waals surface area contributed by atoms with E-state index in [1.165, 1.54) is 17.9 Å². The monoisotopic (exact) mass is 418 g/mol. The van der Waals surface area contributed by atoms with Gasteiger partial charge in [0.25, 0.3) is 0 Å². The lowest BCUT2D eigenvalue weighted by molar-refractivity contribution is -0.144. The number of methoxy groups -OCH3 is 1. The molecule has 1 saturated heterocycles. The van der Waals surface area contributed by atoms with E-state index in [0.717, 1.165) is 31.2 Å². The summed E-state index contributed by atoms with van der Waals surface area (Å²) in [6.45, 7) is 0.495. The number of amides is 2. The molecule has 3 rings (SSSR count). The molecule has 29 heavy (non-hydrogen) atoms. The molecule has 1 aliphatic heterocycles. The normalized spacial score (nSPS) is 16.8. The lowest BCUT2D eigenvalue weighted by Gasteiger charge is -2.29. The summed E-state index contributed by atoms with van der Waals surface area (Å²) in [6.07, 6.45) is 3.58. The largest absolute Gasteiger partial charge is 0.464 e. The molecule has 1 aromatic heterocycles. The van der Waals surface area contributed by atoms with Crippen LogP contribution in [-0.2, 0) is 21.4 Å². The molecule has 1 fully saturated rings. The topological polar surface area (TPSA) is 93.5 Å². The highest BCUT2D eigenvalue weighted by atomic mass is 35.5. The fraction of sp³-hybridized carbons (Fsp3) is 0.400. The van der Waals surface area contributed by atoms with Crippen LogP contribution in [0.5, 0.6) is 0 Å². The summed E-state index contributed by atoms with van der Waals surface area (Å²) in [7, 11) is 2.81. The van der Waals surface area contributed by atoms with E-state index in [9.17, 15) is 14.4 Å². The van der Waals surface area contributed by atoms with Crippen molar-refractivity contribution in [3.63, 3.8) is 0 Å². The number of anilines is 1. The first-order valence-corrected chi connectivity index (χ1v) is 9.78. The van der Waals surface area contributed by atoms with E-state index in [1.807, 2.05) is 12.1 Å². The highest BCUT2D eigenvalue weighted by Crippen LogP contribution is 2.31. The summed E-state index contributed by atoms with van der Waals surface area (Å²) in [5, 5.41) is 7.16. The Bertz CT molecular complexity index is 910. The van der Waals surface area contributed by atoms with Crippen molar-refractivity contribution in [1.82, 2.24) is 14.7 Å². The Labute approximate surface area is 173 Å². The van der Waals surface area contributed by atoms with Gasteiger partial charge < -0.3 is 15.0 Å². The van der Waals surface area contributed by atoms with Gasteiger partial charge in [-0.15, -0.1) is 0 Å². The second-order valence-corrected chi connectivity index (χ2v) is 7.34. The summed E-state index contributed by atoms with van der Waals surface area (Å²) in [5.74, 6) is -1.89. The molecule has 0 spiro atoms. The Kier molecular flexibility index (Phi) is 6.53. The third-order valence-electron chi connectivity index (χ3n) is 4.98. The zero-order valence-corrected chi connectivity index (χ0v) is 17.1. The second-order valence-electron chi connectivity index (χ2n) is 6.90. The van der Waals surface area contributed by atoms with Crippen LogP contribution in [0.15, 0.2) is 30.3 Å². The molecule has 0 aliphatic carbocycles. The molecule has 1 aromatic carbocycles. The summed E-state index contributed by atoms with van der Waals surface area (Å²) >= 11 is 5.98. The SMILES string of the molecule is COC(=O)c1cc(NC(=O)C(=O)N2CCCCCC2c2ccc(Cl)cc2)nn1C. The van der Waals surface area contributed by atoms with Gasteiger partial charge in [-0.2, -0.15) is 5.10 Å². The van der Waals surface area contributed by atoms with Crippen molar-refractivity contribution in [3.8, 4) is 0 Å². The lowest BCUT2D eigenvalue weighted by Crippen LogP contribution is -2.42. The Balaban J connectivity index is 1.78. The summed E-state index contributed by atoms with van der Waals surface area (Å²) < 4.78 is 5.95. The van der Waals surface area contributed by atoms with E-state index in [-0.39, 0.29) is 17.6 Å². The fourth-order valence-corrected chi connectivity index (χ4v) is 3.63. The number of carbonyl (C=O) groups is 3. The molecule has 0 saturated carbocycles. The van der Waals surface area contributed by atoms with Crippen LogP contribution in [0.25, 0.3) is 0 Å². The van der Waals surface area contributed by atoms with Gasteiger partial charge in [-0.05, 0) is 30.5 Å². The number of aromatic nitrogens is 2. The van der Waals surface area contributed by atoms with Crippen LogP contribution >= 0.6 is 11.6 Å².